The maximum atomic E-state index is 11.4. The minimum atomic E-state index is -2.78. The minimum absolute atomic E-state index is 0.193. The van der Waals surface area contributed by atoms with Gasteiger partial charge in [-0.2, -0.15) is 0 Å². The van der Waals surface area contributed by atoms with E-state index in [1.165, 1.54) is 0 Å². The first-order chi connectivity index (χ1) is 9.00. The molecule has 1 heterocycles. The highest BCUT2D eigenvalue weighted by Gasteiger charge is 2.27. The van der Waals surface area contributed by atoms with E-state index in [0.717, 1.165) is 24.3 Å². The molecule has 0 radical (unpaired) electrons. The van der Waals surface area contributed by atoms with Crippen molar-refractivity contribution in [1.82, 2.24) is 5.32 Å². The molecule has 1 aliphatic rings. The molecule has 2 unspecified atom stereocenters. The Balaban J connectivity index is 1.89. The van der Waals surface area contributed by atoms with E-state index in [9.17, 15) is 8.42 Å². The highest BCUT2D eigenvalue weighted by Crippen LogP contribution is 2.21. The molecule has 0 amide bonds. The lowest BCUT2D eigenvalue weighted by Crippen LogP contribution is -2.26. The molecule has 1 aromatic rings. The van der Waals surface area contributed by atoms with Crippen LogP contribution in [0.25, 0.3) is 0 Å². The summed E-state index contributed by atoms with van der Waals surface area (Å²) in [6.07, 6.45) is 0.778. The van der Waals surface area contributed by atoms with Crippen LogP contribution in [0.5, 0.6) is 5.75 Å². The maximum Gasteiger partial charge on any atom is 0.150 e. The molecule has 0 bridgehead atoms. The molecule has 1 N–H and O–H groups in total. The predicted octanol–water partition coefficient (Wildman–Crippen LogP) is 1.78. The van der Waals surface area contributed by atoms with Gasteiger partial charge in [0.2, 0.25) is 0 Å². The van der Waals surface area contributed by atoms with E-state index in [0.29, 0.717) is 11.5 Å². The second-order valence-electron chi connectivity index (χ2n) is 5.18. The number of hydrogen-bond donors (Lipinski definition) is 1. The van der Waals surface area contributed by atoms with Crippen molar-refractivity contribution in [2.75, 3.05) is 25.2 Å². The number of nitrogens with one attached hydrogen (secondary N) is 1. The van der Waals surface area contributed by atoms with Crippen molar-refractivity contribution in [1.29, 1.82) is 0 Å². The Morgan fingerprint density at radius 2 is 2.26 bits per heavy atom. The molecule has 2 rings (SSSR count). The van der Waals surface area contributed by atoms with Crippen molar-refractivity contribution >= 4 is 9.84 Å². The maximum absolute atomic E-state index is 11.4. The monoisotopic (exact) mass is 283 g/mol. The number of hydrogen-bond acceptors (Lipinski definition) is 4. The van der Waals surface area contributed by atoms with E-state index in [4.69, 9.17) is 4.74 Å². The van der Waals surface area contributed by atoms with Gasteiger partial charge in [0.1, 0.15) is 5.75 Å². The minimum Gasteiger partial charge on any atom is -0.497 e. The highest BCUT2D eigenvalue weighted by molar-refractivity contribution is 7.91. The summed E-state index contributed by atoms with van der Waals surface area (Å²) in [5.41, 5.74) is 1.15. The summed E-state index contributed by atoms with van der Waals surface area (Å²) in [7, 11) is -1.13. The standard InChI is InChI=1S/C14H21NO3S/c1-11(13-4-3-5-14(8-13)18-2)15-9-12-6-7-19(16,17)10-12/h3-5,8,11-12,15H,6-7,9-10H2,1-2H3. The Bertz CT molecular complexity index is 527. The quantitative estimate of drug-likeness (QED) is 0.895. The lowest BCUT2D eigenvalue weighted by atomic mass is 10.1. The molecule has 4 nitrogen and oxygen atoms in total. The van der Waals surface area contributed by atoms with E-state index >= 15 is 0 Å². The number of sulfone groups is 1. The normalized spacial score (nSPS) is 23.2. The van der Waals surface area contributed by atoms with Gasteiger partial charge in [0.25, 0.3) is 0 Å². The van der Waals surface area contributed by atoms with E-state index in [2.05, 4.69) is 12.2 Å². The first-order valence-corrected chi connectivity index (χ1v) is 8.40. The zero-order valence-corrected chi connectivity index (χ0v) is 12.2. The van der Waals surface area contributed by atoms with Crippen LogP contribution in [0, 0.1) is 5.92 Å². The average molecular weight is 283 g/mol. The summed E-state index contributed by atoms with van der Waals surface area (Å²) in [4.78, 5) is 0. The van der Waals surface area contributed by atoms with Gasteiger partial charge >= 0.3 is 0 Å². The third-order valence-corrected chi connectivity index (χ3v) is 5.47. The highest BCUT2D eigenvalue weighted by atomic mass is 32.2. The zero-order valence-electron chi connectivity index (χ0n) is 11.4. The van der Waals surface area contributed by atoms with E-state index in [1.807, 2.05) is 24.3 Å². The molecule has 1 saturated heterocycles. The van der Waals surface area contributed by atoms with E-state index in [1.54, 1.807) is 7.11 Å². The fourth-order valence-electron chi connectivity index (χ4n) is 2.41. The van der Waals surface area contributed by atoms with Gasteiger partial charge in [-0.05, 0) is 43.5 Å². The average Bonchev–Trinajstić information content (AvgIpc) is 2.75. The molecule has 0 aromatic heterocycles. The second kappa shape index (κ2) is 5.92. The molecule has 106 valence electrons. The van der Waals surface area contributed by atoms with Gasteiger partial charge in [-0.1, -0.05) is 12.1 Å². The van der Waals surface area contributed by atoms with Gasteiger partial charge in [0.05, 0.1) is 18.6 Å². The zero-order chi connectivity index (χ0) is 13.9. The van der Waals surface area contributed by atoms with Gasteiger partial charge in [-0.3, -0.25) is 0 Å². The number of rotatable bonds is 5. The van der Waals surface area contributed by atoms with Crippen molar-refractivity contribution in [3.05, 3.63) is 29.8 Å². The first-order valence-electron chi connectivity index (χ1n) is 6.58. The second-order valence-corrected chi connectivity index (χ2v) is 7.40. The van der Waals surface area contributed by atoms with Crippen LogP contribution in [0.3, 0.4) is 0 Å². The van der Waals surface area contributed by atoms with Crippen LogP contribution in [0.1, 0.15) is 24.9 Å². The molecule has 0 aliphatic carbocycles. The fourth-order valence-corrected chi connectivity index (χ4v) is 4.27. The van der Waals surface area contributed by atoms with E-state index in [-0.39, 0.29) is 12.0 Å². The van der Waals surface area contributed by atoms with Gasteiger partial charge < -0.3 is 10.1 Å². The van der Waals surface area contributed by atoms with Crippen LogP contribution in [-0.4, -0.2) is 33.6 Å². The van der Waals surface area contributed by atoms with Crippen molar-refractivity contribution in [3.8, 4) is 5.75 Å². The molecule has 0 saturated carbocycles. The fraction of sp³-hybridized carbons (Fsp3) is 0.571. The molecule has 2 atom stereocenters. The molecule has 1 fully saturated rings. The van der Waals surface area contributed by atoms with Crippen LogP contribution in [-0.2, 0) is 9.84 Å². The summed E-state index contributed by atoms with van der Waals surface area (Å²) in [5, 5.41) is 3.41. The van der Waals surface area contributed by atoms with Gasteiger partial charge in [0, 0.05) is 6.04 Å². The number of methoxy groups -OCH3 is 1. The molecule has 19 heavy (non-hydrogen) atoms. The van der Waals surface area contributed by atoms with Gasteiger partial charge in [-0.15, -0.1) is 0 Å². The van der Waals surface area contributed by atoms with E-state index < -0.39 is 9.84 Å². The lowest BCUT2D eigenvalue weighted by molar-refractivity contribution is 0.412. The Hall–Kier alpha value is -1.07. The van der Waals surface area contributed by atoms with Crippen LogP contribution in [0.4, 0.5) is 0 Å². The SMILES string of the molecule is COc1cccc(C(C)NCC2CCS(=O)(=O)C2)c1. The third-order valence-electron chi connectivity index (χ3n) is 3.63. The Labute approximate surface area is 115 Å². The van der Waals surface area contributed by atoms with Crippen LogP contribution in [0.15, 0.2) is 24.3 Å². The third kappa shape index (κ3) is 3.94. The first kappa shape index (κ1) is 14.3. The molecule has 1 aliphatic heterocycles. The lowest BCUT2D eigenvalue weighted by Gasteiger charge is -2.17. The predicted molar refractivity (Wildman–Crippen MR) is 76.2 cm³/mol. The molecule has 1 aromatic carbocycles. The van der Waals surface area contributed by atoms with Crippen molar-refractivity contribution in [3.63, 3.8) is 0 Å². The summed E-state index contributed by atoms with van der Waals surface area (Å²) in [6, 6.07) is 8.12. The van der Waals surface area contributed by atoms with Gasteiger partial charge in [-0.25, -0.2) is 8.42 Å². The van der Waals surface area contributed by atoms with Crippen LogP contribution < -0.4 is 10.1 Å². The van der Waals surface area contributed by atoms with Crippen molar-refractivity contribution in [2.24, 2.45) is 5.92 Å². The Morgan fingerprint density at radius 1 is 1.47 bits per heavy atom. The van der Waals surface area contributed by atoms with Gasteiger partial charge in [0.15, 0.2) is 9.84 Å². The number of benzene rings is 1. The largest absolute Gasteiger partial charge is 0.497 e. The summed E-state index contributed by atoms with van der Waals surface area (Å²) in [5.74, 6) is 1.75. The molecular weight excluding hydrogens is 262 g/mol. The molecule has 0 spiro atoms. The summed E-state index contributed by atoms with van der Waals surface area (Å²) < 4.78 is 28.0. The summed E-state index contributed by atoms with van der Waals surface area (Å²) in [6.45, 7) is 2.83. The molecule has 5 heteroatoms. The smallest absolute Gasteiger partial charge is 0.150 e. The van der Waals surface area contributed by atoms with Crippen LogP contribution >= 0.6 is 0 Å². The Morgan fingerprint density at radius 3 is 2.89 bits per heavy atom. The van der Waals surface area contributed by atoms with Crippen molar-refractivity contribution < 1.29 is 13.2 Å². The Kier molecular flexibility index (Phi) is 4.47. The van der Waals surface area contributed by atoms with Crippen LogP contribution in [0.2, 0.25) is 0 Å². The van der Waals surface area contributed by atoms with Crippen molar-refractivity contribution in [2.45, 2.75) is 19.4 Å². The summed E-state index contributed by atoms with van der Waals surface area (Å²) >= 11 is 0. The topological polar surface area (TPSA) is 55.4 Å². The molecular formula is C14H21NO3S. The number of ether oxygens (including phenoxy) is 1.